The molecule has 0 bridgehead atoms. The summed E-state index contributed by atoms with van der Waals surface area (Å²) in [5.74, 6) is 0.126. The van der Waals surface area contributed by atoms with Gasteiger partial charge in [0.05, 0.1) is 17.0 Å². The molecule has 20 heavy (non-hydrogen) atoms. The largest absolute Gasteiger partial charge is 0.369 e. The highest BCUT2D eigenvalue weighted by Crippen LogP contribution is 2.26. The molecule has 6 nitrogen and oxygen atoms in total. The van der Waals surface area contributed by atoms with E-state index in [0.29, 0.717) is 13.1 Å². The summed E-state index contributed by atoms with van der Waals surface area (Å²) >= 11 is 1.44. The van der Waals surface area contributed by atoms with Crippen molar-refractivity contribution in [3.05, 3.63) is 6.33 Å². The van der Waals surface area contributed by atoms with Gasteiger partial charge in [-0.1, -0.05) is 11.8 Å². The summed E-state index contributed by atoms with van der Waals surface area (Å²) in [6.07, 6.45) is 1.70. The first-order chi connectivity index (χ1) is 9.28. The number of nitrogens with zero attached hydrogens (tertiary/aromatic N) is 4. The van der Waals surface area contributed by atoms with E-state index in [2.05, 4.69) is 10.2 Å². The van der Waals surface area contributed by atoms with Crippen molar-refractivity contribution < 1.29 is 9.53 Å². The molecule has 1 aliphatic heterocycles. The third-order valence-corrected chi connectivity index (χ3v) is 4.32. The van der Waals surface area contributed by atoms with Gasteiger partial charge in [-0.15, -0.1) is 10.2 Å². The molecule has 0 radical (unpaired) electrons. The molecule has 1 fully saturated rings. The van der Waals surface area contributed by atoms with Crippen LogP contribution >= 0.6 is 11.8 Å². The molecular weight excluding hydrogens is 276 g/mol. The Bertz CT molecular complexity index is 488. The Kier molecular flexibility index (Phi) is 4.39. The van der Waals surface area contributed by atoms with Crippen molar-refractivity contribution in [3.63, 3.8) is 0 Å². The van der Waals surface area contributed by atoms with Crippen molar-refractivity contribution in [2.45, 2.75) is 49.8 Å². The maximum absolute atomic E-state index is 12.6. The molecule has 1 aliphatic rings. The van der Waals surface area contributed by atoms with Crippen LogP contribution in [0.5, 0.6) is 0 Å². The fourth-order valence-electron chi connectivity index (χ4n) is 2.47. The predicted molar refractivity (Wildman–Crippen MR) is 77.5 cm³/mol. The minimum absolute atomic E-state index is 0.0646. The van der Waals surface area contributed by atoms with Gasteiger partial charge in [0.2, 0.25) is 5.91 Å². The Balaban J connectivity index is 2.01. The van der Waals surface area contributed by atoms with Crippen LogP contribution in [0.2, 0.25) is 0 Å². The summed E-state index contributed by atoms with van der Waals surface area (Å²) in [4.78, 5) is 14.5. The van der Waals surface area contributed by atoms with Crippen molar-refractivity contribution in [1.82, 2.24) is 19.7 Å². The van der Waals surface area contributed by atoms with Crippen LogP contribution in [0.25, 0.3) is 0 Å². The monoisotopic (exact) mass is 298 g/mol. The van der Waals surface area contributed by atoms with Gasteiger partial charge in [0.25, 0.3) is 0 Å². The minimum atomic E-state index is -0.289. The molecule has 1 saturated heterocycles. The first-order valence-electron chi connectivity index (χ1n) is 6.76. The summed E-state index contributed by atoms with van der Waals surface area (Å²) in [5, 5.41) is 8.41. The molecule has 1 amide bonds. The number of hydrogen-bond acceptors (Lipinski definition) is 5. The second kappa shape index (κ2) is 5.73. The molecule has 1 aromatic heterocycles. The average molecular weight is 298 g/mol. The molecule has 2 heterocycles. The Morgan fingerprint density at radius 3 is 2.85 bits per heavy atom. The molecule has 0 N–H and O–H groups in total. The lowest BCUT2D eigenvalue weighted by atomic mass is 10.1. The Labute approximate surface area is 123 Å². The average Bonchev–Trinajstić information content (AvgIpc) is 2.71. The standard InChI is InChI=1S/C13H22N4O2S/c1-9-6-17(7-13(3,4)19-9)11(18)10(2)20-12-15-14-8-16(12)5/h8-10H,6-7H2,1-5H3. The number of ether oxygens (including phenoxy) is 1. The molecule has 0 aromatic carbocycles. The smallest absolute Gasteiger partial charge is 0.236 e. The van der Waals surface area contributed by atoms with Crippen molar-refractivity contribution in [2.24, 2.45) is 7.05 Å². The molecule has 0 spiro atoms. The quantitative estimate of drug-likeness (QED) is 0.788. The molecule has 112 valence electrons. The van der Waals surface area contributed by atoms with Gasteiger partial charge in [0.1, 0.15) is 6.33 Å². The molecule has 7 heteroatoms. The van der Waals surface area contributed by atoms with Crippen molar-refractivity contribution in [2.75, 3.05) is 13.1 Å². The van der Waals surface area contributed by atoms with Crippen LogP contribution in [-0.4, -0.2) is 55.6 Å². The van der Waals surface area contributed by atoms with Gasteiger partial charge in [-0.25, -0.2) is 0 Å². The van der Waals surface area contributed by atoms with Crippen molar-refractivity contribution in [3.8, 4) is 0 Å². The fraction of sp³-hybridized carbons (Fsp3) is 0.769. The number of amides is 1. The van der Waals surface area contributed by atoms with Gasteiger partial charge in [-0.2, -0.15) is 0 Å². The van der Waals surface area contributed by atoms with E-state index in [-0.39, 0.29) is 22.9 Å². The topological polar surface area (TPSA) is 60.2 Å². The summed E-state index contributed by atoms with van der Waals surface area (Å²) in [6.45, 7) is 9.22. The Hall–Kier alpha value is -1.08. The molecule has 2 atom stereocenters. The minimum Gasteiger partial charge on any atom is -0.369 e. The van der Waals surface area contributed by atoms with E-state index in [1.165, 1.54) is 11.8 Å². The van der Waals surface area contributed by atoms with Crippen LogP contribution in [0.4, 0.5) is 0 Å². The Morgan fingerprint density at radius 2 is 2.30 bits per heavy atom. The van der Waals surface area contributed by atoms with E-state index in [9.17, 15) is 4.79 Å². The van der Waals surface area contributed by atoms with Gasteiger partial charge in [-0.3, -0.25) is 4.79 Å². The summed E-state index contributed by atoms with van der Waals surface area (Å²) in [7, 11) is 1.87. The van der Waals surface area contributed by atoms with Crippen molar-refractivity contribution in [1.29, 1.82) is 0 Å². The van der Waals surface area contributed by atoms with Crippen LogP contribution in [0, 0.1) is 0 Å². The van der Waals surface area contributed by atoms with E-state index in [4.69, 9.17) is 4.74 Å². The SMILES string of the molecule is CC1CN(C(=O)C(C)Sc2nncn2C)CC(C)(C)O1. The number of hydrogen-bond donors (Lipinski definition) is 0. The summed E-state index contributed by atoms with van der Waals surface area (Å²) in [6, 6.07) is 0. The van der Waals surface area contributed by atoms with Crippen LogP contribution in [-0.2, 0) is 16.6 Å². The van der Waals surface area contributed by atoms with Crippen LogP contribution in [0.3, 0.4) is 0 Å². The zero-order valence-electron chi connectivity index (χ0n) is 12.7. The highest BCUT2D eigenvalue weighted by Gasteiger charge is 2.35. The van der Waals surface area contributed by atoms with E-state index in [0.717, 1.165) is 5.16 Å². The second-order valence-corrected chi connectivity index (χ2v) is 7.20. The highest BCUT2D eigenvalue weighted by atomic mass is 32.2. The van der Waals surface area contributed by atoms with Gasteiger partial charge >= 0.3 is 0 Å². The third-order valence-electron chi connectivity index (χ3n) is 3.18. The van der Waals surface area contributed by atoms with Gasteiger partial charge < -0.3 is 14.2 Å². The van der Waals surface area contributed by atoms with Crippen LogP contribution in [0.15, 0.2) is 11.5 Å². The van der Waals surface area contributed by atoms with Gasteiger partial charge in [0.15, 0.2) is 5.16 Å². The number of thioether (sulfide) groups is 1. The fourth-order valence-corrected chi connectivity index (χ4v) is 3.34. The number of rotatable bonds is 3. The first kappa shape index (κ1) is 15.3. The third kappa shape index (κ3) is 3.52. The maximum Gasteiger partial charge on any atom is 0.236 e. The summed E-state index contributed by atoms with van der Waals surface area (Å²) < 4.78 is 7.65. The highest BCUT2D eigenvalue weighted by molar-refractivity contribution is 8.00. The number of carbonyl (C=O) groups excluding carboxylic acids is 1. The zero-order chi connectivity index (χ0) is 14.9. The van der Waals surface area contributed by atoms with E-state index < -0.39 is 0 Å². The van der Waals surface area contributed by atoms with E-state index in [1.54, 1.807) is 6.33 Å². The lowest BCUT2D eigenvalue weighted by Crippen LogP contribution is -2.55. The van der Waals surface area contributed by atoms with Crippen LogP contribution < -0.4 is 0 Å². The first-order valence-corrected chi connectivity index (χ1v) is 7.64. The number of carbonyl (C=O) groups is 1. The molecule has 0 aliphatic carbocycles. The van der Waals surface area contributed by atoms with Crippen molar-refractivity contribution >= 4 is 17.7 Å². The number of morpholine rings is 1. The molecular formula is C13H22N4O2S. The number of aromatic nitrogens is 3. The zero-order valence-corrected chi connectivity index (χ0v) is 13.5. The summed E-state index contributed by atoms with van der Waals surface area (Å²) in [5.41, 5.74) is -0.289. The van der Waals surface area contributed by atoms with Gasteiger partial charge in [0, 0.05) is 20.1 Å². The molecule has 1 aromatic rings. The normalized spacial score (nSPS) is 23.6. The van der Waals surface area contributed by atoms with Gasteiger partial charge in [-0.05, 0) is 27.7 Å². The lowest BCUT2D eigenvalue weighted by molar-refractivity contribution is -0.157. The maximum atomic E-state index is 12.6. The predicted octanol–water partition coefficient (Wildman–Crippen LogP) is 1.32. The van der Waals surface area contributed by atoms with E-state index >= 15 is 0 Å². The number of aryl methyl sites for hydroxylation is 1. The second-order valence-electron chi connectivity index (χ2n) is 5.89. The van der Waals surface area contributed by atoms with E-state index in [1.807, 2.05) is 44.2 Å². The molecule has 2 rings (SSSR count). The molecule has 2 unspecified atom stereocenters. The Morgan fingerprint density at radius 1 is 1.60 bits per heavy atom. The van der Waals surface area contributed by atoms with Crippen LogP contribution in [0.1, 0.15) is 27.7 Å². The lowest BCUT2D eigenvalue weighted by Gasteiger charge is -2.42. The molecule has 0 saturated carbocycles.